The number of piperidine rings is 2. The molecule has 302 valence electrons. The summed E-state index contributed by atoms with van der Waals surface area (Å²) in [5, 5.41) is 12.0. The molecule has 3 atom stereocenters. The minimum Gasteiger partial charge on any atom is -0.480 e. The molecule has 1 aromatic heterocycles. The molecule has 3 heterocycles. The lowest BCUT2D eigenvalue weighted by atomic mass is 9.69. The number of pyridine rings is 1. The Bertz CT molecular complexity index is 1980. The molecule has 3 fully saturated rings. The van der Waals surface area contributed by atoms with E-state index in [9.17, 15) is 23.5 Å². The number of halogens is 5. The topological polar surface area (TPSA) is 77.0 Å². The van der Waals surface area contributed by atoms with Gasteiger partial charge < -0.3 is 10.0 Å². The second kappa shape index (κ2) is 16.0. The quantitative estimate of drug-likeness (QED) is 0.130. The third-order valence-electron chi connectivity index (χ3n) is 12.1. The molecule has 1 saturated carbocycles. The summed E-state index contributed by atoms with van der Waals surface area (Å²) in [6, 6.07) is 11.5. The maximum atomic E-state index is 16.1. The van der Waals surface area contributed by atoms with E-state index in [2.05, 4.69) is 17.5 Å². The van der Waals surface area contributed by atoms with Crippen molar-refractivity contribution >= 4 is 22.6 Å². The average molecular weight is 781 g/mol. The van der Waals surface area contributed by atoms with Gasteiger partial charge >= 0.3 is 5.97 Å². The number of benzene rings is 2. The van der Waals surface area contributed by atoms with Crippen molar-refractivity contribution in [1.29, 1.82) is 0 Å². The van der Waals surface area contributed by atoms with E-state index in [1.54, 1.807) is 31.2 Å². The van der Waals surface area contributed by atoms with Gasteiger partial charge in [-0.3, -0.25) is 19.6 Å². The molecular formula is C44H53F5N4O3. The van der Waals surface area contributed by atoms with Crippen molar-refractivity contribution in [1.82, 2.24) is 19.7 Å². The first kappa shape index (κ1) is 41.5. The van der Waals surface area contributed by atoms with Crippen molar-refractivity contribution in [2.45, 2.75) is 102 Å². The highest BCUT2D eigenvalue weighted by Gasteiger charge is 2.61. The highest BCUT2D eigenvalue weighted by Crippen LogP contribution is 2.58. The molecule has 12 heteroatoms. The molecule has 6 rings (SSSR count). The standard InChI is InChI=1S/C44H53F5N4O3/c1-6-16-43(47)25-36(43)35-23-30(27-52-19-8-7-9-20-52)26-50-38(35)34-15-11-13-32-31(12-10-14-33(32)34)24-37(39(54)55)51(5)40(56)42(44(48,49)29(2)3)17-21-53(22-18-42)28-41(4,45)46/h6,10-16,23,26,36-37H,2,7-9,17-22,24-25,27-28H2,1,3-5H3,(H,54,55)/b16-6+/t36?,37-,43?/m0/s1. The number of carbonyl (C=O) groups is 2. The molecule has 1 amide bonds. The van der Waals surface area contributed by atoms with Crippen LogP contribution in [-0.2, 0) is 22.6 Å². The first-order valence-electron chi connectivity index (χ1n) is 19.6. The van der Waals surface area contributed by atoms with Crippen molar-refractivity contribution in [2.24, 2.45) is 5.41 Å². The molecule has 1 aliphatic carbocycles. The Balaban J connectivity index is 1.34. The molecule has 0 spiro atoms. The van der Waals surface area contributed by atoms with Gasteiger partial charge in [-0.2, -0.15) is 0 Å². The SMILES string of the molecule is C=C(C)C(F)(F)C1(C(=O)N(C)[C@@H](Cc2cccc3c(-c4ncc(CN5CCCCC5)cc4C4CC4(F)/C=C/C)cccc23)C(=O)O)CCN(CC(C)(F)F)CC1. The molecule has 0 bridgehead atoms. The van der Waals surface area contributed by atoms with Crippen molar-refractivity contribution < 1.29 is 36.6 Å². The number of hydrogen-bond acceptors (Lipinski definition) is 5. The number of fused-ring (bicyclic) bond motifs is 1. The maximum Gasteiger partial charge on any atom is 0.326 e. The zero-order valence-electron chi connectivity index (χ0n) is 32.8. The van der Waals surface area contributed by atoms with Crippen molar-refractivity contribution in [3.8, 4) is 11.3 Å². The lowest BCUT2D eigenvalue weighted by molar-refractivity contribution is -0.178. The summed E-state index contributed by atoms with van der Waals surface area (Å²) in [7, 11) is 1.21. The fourth-order valence-electron chi connectivity index (χ4n) is 8.96. The third-order valence-corrected chi connectivity index (χ3v) is 12.1. The fourth-order valence-corrected chi connectivity index (χ4v) is 8.96. The van der Waals surface area contributed by atoms with E-state index in [4.69, 9.17) is 4.98 Å². The Morgan fingerprint density at radius 2 is 1.70 bits per heavy atom. The highest BCUT2D eigenvalue weighted by molar-refractivity contribution is 5.99. The number of nitrogens with zero attached hydrogens (tertiary/aromatic N) is 4. The maximum absolute atomic E-state index is 16.1. The third kappa shape index (κ3) is 8.28. The van der Waals surface area contributed by atoms with E-state index in [1.807, 2.05) is 30.5 Å². The number of likely N-dealkylation sites (N-methyl/N-ethyl adjacent to an activating group) is 1. The van der Waals surface area contributed by atoms with Crippen LogP contribution >= 0.6 is 0 Å². The van der Waals surface area contributed by atoms with Gasteiger partial charge in [0.1, 0.15) is 17.1 Å². The van der Waals surface area contributed by atoms with Crippen molar-refractivity contribution in [3.63, 3.8) is 0 Å². The molecule has 2 unspecified atom stereocenters. The van der Waals surface area contributed by atoms with Gasteiger partial charge in [0.15, 0.2) is 0 Å². The minimum absolute atomic E-state index is 0.190. The molecule has 2 aliphatic heterocycles. The van der Waals surface area contributed by atoms with Crippen LogP contribution in [0.3, 0.4) is 0 Å². The highest BCUT2D eigenvalue weighted by atomic mass is 19.3. The largest absolute Gasteiger partial charge is 0.480 e. The molecule has 3 aromatic rings. The number of alkyl halides is 5. The van der Waals surface area contributed by atoms with E-state index in [-0.39, 0.29) is 25.4 Å². The number of amides is 1. The predicted octanol–water partition coefficient (Wildman–Crippen LogP) is 9.06. The van der Waals surface area contributed by atoms with E-state index in [1.165, 1.54) is 18.4 Å². The normalized spacial score (nSPS) is 22.6. The van der Waals surface area contributed by atoms with E-state index >= 15 is 13.2 Å². The van der Waals surface area contributed by atoms with Gasteiger partial charge in [0.2, 0.25) is 5.91 Å². The van der Waals surface area contributed by atoms with E-state index < -0.39 is 65.8 Å². The smallest absolute Gasteiger partial charge is 0.326 e. The number of aliphatic carboxylic acids is 1. The molecule has 56 heavy (non-hydrogen) atoms. The second-order valence-corrected chi connectivity index (χ2v) is 16.4. The van der Waals surface area contributed by atoms with E-state index in [0.717, 1.165) is 73.3 Å². The van der Waals surface area contributed by atoms with E-state index in [0.29, 0.717) is 23.1 Å². The molecule has 1 N–H and O–H groups in total. The predicted molar refractivity (Wildman–Crippen MR) is 209 cm³/mol. The van der Waals surface area contributed by atoms with Gasteiger partial charge in [-0.1, -0.05) is 67.6 Å². The number of likely N-dealkylation sites (tertiary alicyclic amines) is 2. The minimum atomic E-state index is -3.73. The van der Waals surface area contributed by atoms with Crippen LogP contribution in [0.1, 0.15) is 81.9 Å². The van der Waals surface area contributed by atoms with Gasteiger partial charge in [0.05, 0.1) is 12.2 Å². The molecule has 3 aliphatic rings. The summed E-state index contributed by atoms with van der Waals surface area (Å²) in [5.74, 6) is -9.61. The summed E-state index contributed by atoms with van der Waals surface area (Å²) in [6.07, 6.45) is 7.93. The molecule has 0 radical (unpaired) electrons. The first-order valence-corrected chi connectivity index (χ1v) is 19.6. The van der Waals surface area contributed by atoms with Crippen molar-refractivity contribution in [2.75, 3.05) is 39.8 Å². The van der Waals surface area contributed by atoms with Crippen LogP contribution in [0.25, 0.3) is 22.0 Å². The van der Waals surface area contributed by atoms with Gasteiger partial charge in [-0.05, 0) is 105 Å². The molecular weight excluding hydrogens is 727 g/mol. The number of carboxylic acids is 1. The number of hydrogen-bond donors (Lipinski definition) is 1. The number of carboxylic acid groups (broad SMARTS) is 1. The van der Waals surface area contributed by atoms with Crippen LogP contribution in [0.5, 0.6) is 0 Å². The summed E-state index contributed by atoms with van der Waals surface area (Å²) in [6.45, 7) is 8.83. The van der Waals surface area contributed by atoms with Crippen LogP contribution < -0.4 is 0 Å². The number of allylic oxidation sites excluding steroid dienone is 3. The van der Waals surface area contributed by atoms with Crippen LogP contribution in [-0.4, -0.2) is 100.0 Å². The Labute approximate surface area is 326 Å². The summed E-state index contributed by atoms with van der Waals surface area (Å²) in [4.78, 5) is 36.8. The lowest BCUT2D eigenvalue weighted by Crippen LogP contribution is -2.61. The summed E-state index contributed by atoms with van der Waals surface area (Å²) < 4.78 is 75.8. The van der Waals surface area contributed by atoms with Crippen LogP contribution in [0.15, 0.2) is 73.0 Å². The monoisotopic (exact) mass is 780 g/mol. The van der Waals surface area contributed by atoms with Crippen LogP contribution in [0, 0.1) is 5.41 Å². The Morgan fingerprint density at radius 3 is 2.32 bits per heavy atom. The van der Waals surface area contributed by atoms with Gasteiger partial charge in [-0.15, -0.1) is 0 Å². The lowest BCUT2D eigenvalue weighted by Gasteiger charge is -2.47. The molecule has 2 aromatic carbocycles. The Hall–Kier alpha value is -4.16. The average Bonchev–Trinajstić information content (AvgIpc) is 3.83. The van der Waals surface area contributed by atoms with Crippen LogP contribution in [0.4, 0.5) is 22.0 Å². The van der Waals surface area contributed by atoms with Crippen LogP contribution in [0.2, 0.25) is 0 Å². The van der Waals surface area contributed by atoms with Gasteiger partial charge in [-0.25, -0.2) is 26.7 Å². The zero-order chi connectivity index (χ0) is 40.6. The van der Waals surface area contributed by atoms with Gasteiger partial charge in [0, 0.05) is 44.6 Å². The first-order chi connectivity index (χ1) is 26.4. The number of carbonyl (C=O) groups excluding carboxylic acids is 1. The number of rotatable bonds is 14. The number of aromatic nitrogens is 1. The summed E-state index contributed by atoms with van der Waals surface area (Å²) >= 11 is 0. The molecule has 7 nitrogen and oxygen atoms in total. The molecule has 2 saturated heterocycles. The van der Waals surface area contributed by atoms with Crippen molar-refractivity contribution in [3.05, 3.63) is 89.7 Å². The van der Waals surface area contributed by atoms with Gasteiger partial charge in [0.25, 0.3) is 11.8 Å². The zero-order valence-corrected chi connectivity index (χ0v) is 32.8. The Kier molecular flexibility index (Phi) is 11.9. The second-order valence-electron chi connectivity index (χ2n) is 16.4. The Morgan fingerprint density at radius 1 is 1.04 bits per heavy atom. The fraction of sp³-hybridized carbons (Fsp3) is 0.523. The summed E-state index contributed by atoms with van der Waals surface area (Å²) in [5.41, 5.74) is -0.617.